The van der Waals surface area contributed by atoms with Gasteiger partial charge >= 0.3 is 0 Å². The van der Waals surface area contributed by atoms with Crippen LogP contribution in [0.15, 0.2) is 47.5 Å². The Balaban J connectivity index is 1.18. The fourth-order valence-electron chi connectivity index (χ4n) is 7.33. The zero-order valence-electron chi connectivity index (χ0n) is 17.7. The summed E-state index contributed by atoms with van der Waals surface area (Å²) in [5.74, 6) is 2.75. The van der Waals surface area contributed by atoms with Gasteiger partial charge in [0.15, 0.2) is 0 Å². The molecular weight excluding hydrogens is 371 g/mol. The fraction of sp³-hybridized carbons (Fsp3) is 0.519. The minimum absolute atomic E-state index is 0.141. The predicted octanol–water partition coefficient (Wildman–Crippen LogP) is 6.64. The van der Waals surface area contributed by atoms with E-state index in [0.717, 1.165) is 60.6 Å². The Kier molecular flexibility index (Phi) is 4.47. The molecule has 1 heterocycles. The molecule has 0 amide bonds. The van der Waals surface area contributed by atoms with Gasteiger partial charge in [0.05, 0.1) is 11.4 Å². The van der Waals surface area contributed by atoms with Gasteiger partial charge in [-0.15, -0.1) is 0 Å². The van der Waals surface area contributed by atoms with Crippen LogP contribution in [-0.2, 0) is 5.41 Å². The maximum Gasteiger partial charge on any atom is 0.147 e. The van der Waals surface area contributed by atoms with Gasteiger partial charge in [0.2, 0.25) is 0 Å². The van der Waals surface area contributed by atoms with Crippen molar-refractivity contribution in [1.82, 2.24) is 0 Å². The summed E-state index contributed by atoms with van der Waals surface area (Å²) in [6, 6.07) is 14.4. The molecule has 0 aromatic heterocycles. The third-order valence-corrected chi connectivity index (χ3v) is 8.30. The zero-order chi connectivity index (χ0) is 20.1. The second-order valence-corrected chi connectivity index (χ2v) is 10.4. The monoisotopic (exact) mass is 402 g/mol. The molecule has 4 aliphatic carbocycles. The van der Waals surface area contributed by atoms with E-state index in [2.05, 4.69) is 34.2 Å². The highest BCUT2D eigenvalue weighted by Crippen LogP contribution is 2.60. The van der Waals surface area contributed by atoms with Crippen LogP contribution in [0.25, 0.3) is 0 Å². The SMILES string of the molecule is Fc1cc(C=Nc2ccc(C34CC5CC(CC(C5)C3)C4)cc2)ccc1N1CCCC1. The number of anilines is 1. The number of nitrogens with zero attached hydrogens (tertiary/aromatic N) is 2. The first-order chi connectivity index (χ1) is 14.7. The van der Waals surface area contributed by atoms with Crippen molar-refractivity contribution in [3.63, 3.8) is 0 Å². The lowest BCUT2D eigenvalue weighted by Crippen LogP contribution is -2.48. The van der Waals surface area contributed by atoms with Crippen molar-refractivity contribution in [2.24, 2.45) is 22.7 Å². The first-order valence-electron chi connectivity index (χ1n) is 11.9. The van der Waals surface area contributed by atoms with E-state index in [1.165, 1.54) is 44.1 Å². The van der Waals surface area contributed by atoms with Gasteiger partial charge in [-0.25, -0.2) is 4.39 Å². The minimum Gasteiger partial charge on any atom is -0.369 e. The summed E-state index contributed by atoms with van der Waals surface area (Å²) in [6.07, 6.45) is 12.7. The molecule has 2 nitrogen and oxygen atoms in total. The van der Waals surface area contributed by atoms with Gasteiger partial charge in [0.1, 0.15) is 5.82 Å². The van der Waals surface area contributed by atoms with E-state index < -0.39 is 0 Å². The van der Waals surface area contributed by atoms with E-state index in [1.54, 1.807) is 12.3 Å². The van der Waals surface area contributed by atoms with Crippen LogP contribution >= 0.6 is 0 Å². The maximum atomic E-state index is 14.5. The predicted molar refractivity (Wildman–Crippen MR) is 121 cm³/mol. The molecule has 2 aromatic carbocycles. The Hall–Kier alpha value is -2.16. The lowest BCUT2D eigenvalue weighted by molar-refractivity contribution is -0.00518. The van der Waals surface area contributed by atoms with E-state index in [0.29, 0.717) is 5.41 Å². The van der Waals surface area contributed by atoms with Crippen LogP contribution < -0.4 is 4.90 Å². The molecule has 7 rings (SSSR count). The van der Waals surface area contributed by atoms with Crippen LogP contribution in [0.4, 0.5) is 15.8 Å². The Labute approximate surface area is 179 Å². The van der Waals surface area contributed by atoms with E-state index in [-0.39, 0.29) is 5.82 Å². The fourth-order valence-corrected chi connectivity index (χ4v) is 7.33. The molecule has 0 N–H and O–H groups in total. The second-order valence-electron chi connectivity index (χ2n) is 10.4. The van der Waals surface area contributed by atoms with E-state index in [9.17, 15) is 4.39 Å². The van der Waals surface area contributed by atoms with Crippen molar-refractivity contribution in [2.75, 3.05) is 18.0 Å². The highest BCUT2D eigenvalue weighted by atomic mass is 19.1. The molecular formula is C27H31FN2. The molecule has 4 bridgehead atoms. The van der Waals surface area contributed by atoms with Crippen LogP contribution in [0.2, 0.25) is 0 Å². The third kappa shape index (κ3) is 3.27. The number of rotatable bonds is 4. The number of benzene rings is 2. The highest BCUT2D eigenvalue weighted by Gasteiger charge is 2.51. The van der Waals surface area contributed by atoms with E-state index >= 15 is 0 Å². The Morgan fingerprint density at radius 2 is 1.50 bits per heavy atom. The molecule has 0 spiro atoms. The lowest BCUT2D eigenvalue weighted by atomic mass is 9.48. The maximum absolute atomic E-state index is 14.5. The van der Waals surface area contributed by atoms with Gasteiger partial charge in [-0.2, -0.15) is 0 Å². The van der Waals surface area contributed by atoms with Gasteiger partial charge in [-0.3, -0.25) is 4.99 Å². The topological polar surface area (TPSA) is 15.6 Å². The molecule has 5 fully saturated rings. The van der Waals surface area contributed by atoms with E-state index in [4.69, 9.17) is 0 Å². The average Bonchev–Trinajstić information content (AvgIpc) is 3.26. The number of halogens is 1. The summed E-state index contributed by atoms with van der Waals surface area (Å²) in [6.45, 7) is 1.92. The highest BCUT2D eigenvalue weighted by molar-refractivity contribution is 5.82. The standard InChI is InChI=1S/C27H31FN2/c28-25-14-19(3-8-26(25)30-9-1-2-10-30)18-29-24-6-4-23(5-7-24)27-15-20-11-21(16-27)13-22(12-20)17-27/h3-8,14,18,20-22H,1-2,9-13,15-17H2. The van der Waals surface area contributed by atoms with Crippen LogP contribution in [0, 0.1) is 23.6 Å². The average molecular weight is 403 g/mol. The minimum atomic E-state index is -0.141. The van der Waals surface area contributed by atoms with Crippen molar-refractivity contribution in [3.8, 4) is 0 Å². The quantitative estimate of drug-likeness (QED) is 0.523. The number of hydrogen-bond acceptors (Lipinski definition) is 2. The number of hydrogen-bond donors (Lipinski definition) is 0. The summed E-state index contributed by atoms with van der Waals surface area (Å²) in [5, 5.41) is 0. The largest absolute Gasteiger partial charge is 0.369 e. The Morgan fingerprint density at radius 3 is 2.10 bits per heavy atom. The lowest BCUT2D eigenvalue weighted by Gasteiger charge is -2.57. The van der Waals surface area contributed by atoms with Gasteiger partial charge in [-0.05, 0) is 110 Å². The van der Waals surface area contributed by atoms with Gasteiger partial charge in [-0.1, -0.05) is 18.2 Å². The molecule has 2 aromatic rings. The Morgan fingerprint density at radius 1 is 0.867 bits per heavy atom. The molecule has 0 radical (unpaired) electrons. The van der Waals surface area contributed by atoms with Crippen LogP contribution in [0.1, 0.15) is 62.5 Å². The molecule has 1 aliphatic heterocycles. The van der Waals surface area contributed by atoms with Gasteiger partial charge < -0.3 is 4.90 Å². The van der Waals surface area contributed by atoms with Gasteiger partial charge in [0, 0.05) is 19.3 Å². The summed E-state index contributed by atoms with van der Waals surface area (Å²) in [5.41, 5.74) is 4.46. The number of aliphatic imine (C=N–C) groups is 1. The summed E-state index contributed by atoms with van der Waals surface area (Å²) < 4.78 is 14.5. The first kappa shape index (κ1) is 18.6. The molecule has 5 aliphatic rings. The smallest absolute Gasteiger partial charge is 0.147 e. The summed E-state index contributed by atoms with van der Waals surface area (Å²) in [4.78, 5) is 6.77. The van der Waals surface area contributed by atoms with Crippen LogP contribution in [0.5, 0.6) is 0 Å². The molecule has 0 unspecified atom stereocenters. The second kappa shape index (κ2) is 7.21. The molecule has 4 saturated carbocycles. The molecule has 1 saturated heterocycles. The molecule has 30 heavy (non-hydrogen) atoms. The van der Waals surface area contributed by atoms with Crippen molar-refractivity contribution in [3.05, 3.63) is 59.4 Å². The van der Waals surface area contributed by atoms with E-state index in [1.807, 2.05) is 12.1 Å². The van der Waals surface area contributed by atoms with Crippen LogP contribution in [0.3, 0.4) is 0 Å². The molecule has 0 atom stereocenters. The normalized spacial score (nSPS) is 32.4. The molecule has 156 valence electrons. The van der Waals surface area contributed by atoms with Crippen LogP contribution in [-0.4, -0.2) is 19.3 Å². The summed E-state index contributed by atoms with van der Waals surface area (Å²) in [7, 11) is 0. The van der Waals surface area contributed by atoms with Crippen molar-refractivity contribution in [2.45, 2.75) is 56.8 Å². The molecule has 3 heteroatoms. The zero-order valence-corrected chi connectivity index (χ0v) is 17.7. The van der Waals surface area contributed by atoms with Gasteiger partial charge in [0.25, 0.3) is 0 Å². The van der Waals surface area contributed by atoms with Crippen molar-refractivity contribution in [1.29, 1.82) is 0 Å². The summed E-state index contributed by atoms with van der Waals surface area (Å²) >= 11 is 0. The van der Waals surface area contributed by atoms with Crippen molar-refractivity contribution < 1.29 is 4.39 Å². The Bertz CT molecular complexity index is 920. The first-order valence-corrected chi connectivity index (χ1v) is 11.9. The van der Waals surface area contributed by atoms with Crippen molar-refractivity contribution >= 4 is 17.6 Å². The third-order valence-electron chi connectivity index (χ3n) is 8.30.